The van der Waals surface area contributed by atoms with Crippen LogP contribution in [0.4, 0.5) is 0 Å². The van der Waals surface area contributed by atoms with Crippen molar-refractivity contribution in [1.82, 2.24) is 15.1 Å². The molecule has 1 amide bonds. The number of carbonyl (C=O) groups excluding carboxylic acids is 2. The van der Waals surface area contributed by atoms with Crippen LogP contribution in [0.15, 0.2) is 30.3 Å². The van der Waals surface area contributed by atoms with Crippen LogP contribution in [0.1, 0.15) is 24.1 Å². The Bertz CT molecular complexity index is 809. The Morgan fingerprint density at radius 1 is 1.16 bits per heavy atom. The van der Waals surface area contributed by atoms with Gasteiger partial charge in [0, 0.05) is 36.3 Å². The Kier molecular flexibility index (Phi) is 3.82. The summed E-state index contributed by atoms with van der Waals surface area (Å²) in [5.41, 5.74) is 3.36. The molecule has 1 saturated carbocycles. The molecule has 2 aromatic rings. The second kappa shape index (κ2) is 6.02. The van der Waals surface area contributed by atoms with E-state index in [4.69, 9.17) is 4.74 Å². The van der Waals surface area contributed by atoms with Crippen LogP contribution in [0.25, 0.3) is 11.3 Å². The minimum Gasteiger partial charge on any atom is -0.468 e. The first kappa shape index (κ1) is 15.9. The average molecular weight is 339 g/mol. The van der Waals surface area contributed by atoms with Crippen LogP contribution in [0.5, 0.6) is 0 Å². The second-order valence-electron chi connectivity index (χ2n) is 6.76. The number of rotatable bonds is 3. The third kappa shape index (κ3) is 2.62. The maximum atomic E-state index is 12.9. The van der Waals surface area contributed by atoms with Gasteiger partial charge in [-0.1, -0.05) is 30.3 Å². The molecule has 0 bridgehead atoms. The predicted molar refractivity (Wildman–Crippen MR) is 91.7 cm³/mol. The lowest BCUT2D eigenvalue weighted by Crippen LogP contribution is -2.42. The molecule has 0 spiro atoms. The number of fused-ring (bicyclic) bond motifs is 1. The van der Waals surface area contributed by atoms with E-state index in [0.717, 1.165) is 29.8 Å². The molecule has 1 aromatic carbocycles. The number of methoxy groups -OCH3 is 1. The van der Waals surface area contributed by atoms with E-state index in [1.54, 1.807) is 0 Å². The smallest absolute Gasteiger partial charge is 0.321 e. The highest BCUT2D eigenvalue weighted by molar-refractivity contribution is 6.05. The van der Waals surface area contributed by atoms with Crippen LogP contribution in [0, 0.1) is 5.41 Å². The number of carbonyl (C=O) groups is 2. The van der Waals surface area contributed by atoms with E-state index in [9.17, 15) is 9.59 Å². The van der Waals surface area contributed by atoms with Crippen LogP contribution < -0.4 is 0 Å². The summed E-state index contributed by atoms with van der Waals surface area (Å²) in [5, 5.41) is 7.61. The number of amides is 1. The molecule has 25 heavy (non-hydrogen) atoms. The van der Waals surface area contributed by atoms with E-state index >= 15 is 0 Å². The minimum atomic E-state index is -0.923. The zero-order chi connectivity index (χ0) is 17.4. The fraction of sp³-hybridized carbons (Fsp3) is 0.421. The van der Waals surface area contributed by atoms with Crippen molar-refractivity contribution >= 4 is 11.9 Å². The topological polar surface area (TPSA) is 75.3 Å². The number of esters is 1. The second-order valence-corrected chi connectivity index (χ2v) is 6.76. The van der Waals surface area contributed by atoms with Gasteiger partial charge in [-0.2, -0.15) is 5.10 Å². The van der Waals surface area contributed by atoms with Crippen LogP contribution >= 0.6 is 0 Å². The number of nitrogens with one attached hydrogen (secondary N) is 1. The lowest BCUT2D eigenvalue weighted by molar-refractivity contribution is -0.156. The van der Waals surface area contributed by atoms with Crippen molar-refractivity contribution in [2.45, 2.75) is 25.7 Å². The molecule has 130 valence electrons. The molecule has 0 atom stereocenters. The molecule has 6 heteroatoms. The summed E-state index contributed by atoms with van der Waals surface area (Å²) in [4.78, 5) is 26.7. The first-order valence-corrected chi connectivity index (χ1v) is 8.65. The largest absolute Gasteiger partial charge is 0.468 e. The van der Waals surface area contributed by atoms with Crippen LogP contribution in [0.2, 0.25) is 0 Å². The zero-order valence-corrected chi connectivity index (χ0v) is 14.2. The normalized spacial score (nSPS) is 18.2. The number of nitrogens with zero attached hydrogens (tertiary/aromatic N) is 2. The van der Waals surface area contributed by atoms with Crippen molar-refractivity contribution in [2.75, 3.05) is 20.2 Å². The summed E-state index contributed by atoms with van der Waals surface area (Å²) in [6.07, 6.45) is 2.64. The molecule has 1 aromatic heterocycles. The maximum absolute atomic E-state index is 12.9. The summed E-state index contributed by atoms with van der Waals surface area (Å²) in [7, 11) is 1.35. The van der Waals surface area contributed by atoms with Crippen molar-refractivity contribution in [3.05, 3.63) is 41.6 Å². The van der Waals surface area contributed by atoms with Gasteiger partial charge in [-0.05, 0) is 19.3 Å². The minimum absolute atomic E-state index is 0.0845. The first-order chi connectivity index (χ1) is 12.2. The lowest BCUT2D eigenvalue weighted by atomic mass is 10.0. The lowest BCUT2D eigenvalue weighted by Gasteiger charge is -2.24. The summed E-state index contributed by atoms with van der Waals surface area (Å²) in [5.74, 6) is -0.481. The van der Waals surface area contributed by atoms with Gasteiger partial charge in [0.1, 0.15) is 5.41 Å². The quantitative estimate of drug-likeness (QED) is 0.685. The Morgan fingerprint density at radius 3 is 2.56 bits per heavy atom. The molecule has 2 aliphatic rings. The highest BCUT2D eigenvalue weighted by Gasteiger charge is 2.59. The highest BCUT2D eigenvalue weighted by atomic mass is 16.5. The van der Waals surface area contributed by atoms with E-state index in [1.165, 1.54) is 12.7 Å². The Labute approximate surface area is 146 Å². The Balaban J connectivity index is 1.54. The first-order valence-electron chi connectivity index (χ1n) is 8.65. The number of benzene rings is 1. The van der Waals surface area contributed by atoms with Gasteiger partial charge in [0.25, 0.3) is 0 Å². The van der Waals surface area contributed by atoms with Crippen molar-refractivity contribution in [1.29, 1.82) is 0 Å². The predicted octanol–water partition coefficient (Wildman–Crippen LogP) is 1.96. The van der Waals surface area contributed by atoms with Crippen molar-refractivity contribution in [3.8, 4) is 11.3 Å². The van der Waals surface area contributed by atoms with E-state index < -0.39 is 11.4 Å². The van der Waals surface area contributed by atoms with E-state index in [0.29, 0.717) is 25.9 Å². The molecule has 1 aliphatic carbocycles. The van der Waals surface area contributed by atoms with E-state index in [2.05, 4.69) is 10.2 Å². The van der Waals surface area contributed by atoms with Gasteiger partial charge in [0.15, 0.2) is 0 Å². The molecule has 0 unspecified atom stereocenters. The Hall–Kier alpha value is -2.63. The molecule has 1 N–H and O–H groups in total. The van der Waals surface area contributed by atoms with Gasteiger partial charge in [-0.3, -0.25) is 14.7 Å². The Morgan fingerprint density at radius 2 is 1.88 bits per heavy atom. The SMILES string of the molecule is COC(=O)C1(C(=O)N2CCc3[nH]nc(-c4ccccc4)c3CC2)CC1. The number of hydrogen-bond donors (Lipinski definition) is 1. The fourth-order valence-corrected chi connectivity index (χ4v) is 3.65. The number of ether oxygens (including phenoxy) is 1. The van der Waals surface area contributed by atoms with Crippen LogP contribution in [-0.2, 0) is 27.2 Å². The molecule has 1 aliphatic heterocycles. The monoisotopic (exact) mass is 339 g/mol. The molecule has 2 heterocycles. The summed E-state index contributed by atoms with van der Waals surface area (Å²) in [6.45, 7) is 1.20. The van der Waals surface area contributed by atoms with Gasteiger partial charge >= 0.3 is 5.97 Å². The number of hydrogen-bond acceptors (Lipinski definition) is 4. The summed E-state index contributed by atoms with van der Waals surface area (Å²) >= 11 is 0. The van der Waals surface area contributed by atoms with Gasteiger partial charge in [0.05, 0.1) is 12.8 Å². The third-order valence-electron chi connectivity index (χ3n) is 5.29. The van der Waals surface area contributed by atoms with Crippen molar-refractivity contribution in [2.24, 2.45) is 5.41 Å². The van der Waals surface area contributed by atoms with Crippen molar-refractivity contribution in [3.63, 3.8) is 0 Å². The van der Waals surface area contributed by atoms with Gasteiger partial charge in [-0.25, -0.2) is 0 Å². The number of aromatic amines is 1. The average Bonchev–Trinajstić information content (AvgIpc) is 3.41. The summed E-state index contributed by atoms with van der Waals surface area (Å²) in [6, 6.07) is 10.1. The zero-order valence-electron chi connectivity index (χ0n) is 14.2. The fourth-order valence-electron chi connectivity index (χ4n) is 3.65. The maximum Gasteiger partial charge on any atom is 0.321 e. The van der Waals surface area contributed by atoms with Gasteiger partial charge in [-0.15, -0.1) is 0 Å². The van der Waals surface area contributed by atoms with E-state index in [1.807, 2.05) is 35.2 Å². The molecule has 6 nitrogen and oxygen atoms in total. The molecule has 0 radical (unpaired) electrons. The summed E-state index contributed by atoms with van der Waals surface area (Å²) < 4.78 is 4.84. The standard InChI is InChI=1S/C19H21N3O3/c1-25-18(24)19(9-10-19)17(23)22-11-7-14-15(8-12-22)20-21-16(14)13-5-3-2-4-6-13/h2-6H,7-12H2,1H3,(H,20,21). The van der Waals surface area contributed by atoms with Crippen molar-refractivity contribution < 1.29 is 14.3 Å². The molecule has 1 fully saturated rings. The van der Waals surface area contributed by atoms with Gasteiger partial charge < -0.3 is 9.64 Å². The van der Waals surface area contributed by atoms with Crippen LogP contribution in [0.3, 0.4) is 0 Å². The molecule has 4 rings (SSSR count). The third-order valence-corrected chi connectivity index (χ3v) is 5.29. The number of aromatic nitrogens is 2. The molecule has 0 saturated heterocycles. The van der Waals surface area contributed by atoms with E-state index in [-0.39, 0.29) is 5.91 Å². The number of H-pyrrole nitrogens is 1. The van der Waals surface area contributed by atoms with Crippen LogP contribution in [-0.4, -0.2) is 47.2 Å². The molecular weight excluding hydrogens is 318 g/mol. The highest BCUT2D eigenvalue weighted by Crippen LogP contribution is 2.48. The van der Waals surface area contributed by atoms with Gasteiger partial charge in [0.2, 0.25) is 5.91 Å². The molecular formula is C19H21N3O3.